The van der Waals surface area contributed by atoms with E-state index in [2.05, 4.69) is 10.3 Å². The molecule has 1 aliphatic heterocycles. The zero-order valence-corrected chi connectivity index (χ0v) is 14.9. The molecule has 0 unspecified atom stereocenters. The maximum atomic E-state index is 12.7. The molecule has 7 nitrogen and oxygen atoms in total. The van der Waals surface area contributed by atoms with Crippen LogP contribution in [0.5, 0.6) is 0 Å². The number of urea groups is 1. The molecule has 8 heteroatoms. The number of hydrogen-bond acceptors (Lipinski definition) is 3. The van der Waals surface area contributed by atoms with Crippen LogP contribution in [0.25, 0.3) is 0 Å². The maximum Gasteiger partial charge on any atom is 0.329 e. The highest BCUT2D eigenvalue weighted by molar-refractivity contribution is 14.0. The van der Waals surface area contributed by atoms with Crippen LogP contribution < -0.4 is 21.7 Å². The van der Waals surface area contributed by atoms with Gasteiger partial charge in [-0.1, -0.05) is 25.0 Å². The Morgan fingerprint density at radius 2 is 1.96 bits per heavy atom. The number of guanidine groups is 1. The Morgan fingerprint density at radius 1 is 1.26 bits per heavy atom. The van der Waals surface area contributed by atoms with Gasteiger partial charge in [-0.3, -0.25) is 4.79 Å². The molecule has 1 aliphatic carbocycles. The van der Waals surface area contributed by atoms with Gasteiger partial charge in [0.25, 0.3) is 5.91 Å². The van der Waals surface area contributed by atoms with Crippen molar-refractivity contribution >= 4 is 47.6 Å². The van der Waals surface area contributed by atoms with E-state index < -0.39 is 5.54 Å². The lowest BCUT2D eigenvalue weighted by molar-refractivity contribution is -0.121. The number of rotatable bonds is 3. The molecule has 3 rings (SSSR count). The molecule has 1 saturated heterocycles. The van der Waals surface area contributed by atoms with Gasteiger partial charge < -0.3 is 16.8 Å². The van der Waals surface area contributed by atoms with Gasteiger partial charge >= 0.3 is 6.03 Å². The van der Waals surface area contributed by atoms with Crippen LogP contribution in [-0.2, 0) is 11.3 Å². The minimum Gasteiger partial charge on any atom is -0.370 e. The van der Waals surface area contributed by atoms with Gasteiger partial charge in [0.05, 0.1) is 12.2 Å². The molecule has 5 N–H and O–H groups in total. The highest BCUT2D eigenvalue weighted by atomic mass is 127. The summed E-state index contributed by atoms with van der Waals surface area (Å²) < 4.78 is 0. The highest BCUT2D eigenvalue weighted by Gasteiger charge is 2.52. The topological polar surface area (TPSA) is 114 Å². The summed E-state index contributed by atoms with van der Waals surface area (Å²) in [6, 6.07) is 6.78. The van der Waals surface area contributed by atoms with Crippen molar-refractivity contribution in [2.45, 2.75) is 37.8 Å². The summed E-state index contributed by atoms with van der Waals surface area (Å²) in [6.07, 6.45) is 3.35. The number of aliphatic imine (C=N–C) groups is 1. The fourth-order valence-electron chi connectivity index (χ4n) is 3.15. The largest absolute Gasteiger partial charge is 0.370 e. The van der Waals surface area contributed by atoms with E-state index in [0.29, 0.717) is 25.1 Å². The van der Waals surface area contributed by atoms with Crippen molar-refractivity contribution in [1.29, 1.82) is 0 Å². The first-order valence-corrected chi connectivity index (χ1v) is 7.33. The van der Waals surface area contributed by atoms with Gasteiger partial charge in [0, 0.05) is 0 Å². The molecule has 1 spiro atoms. The molecule has 124 valence electrons. The second kappa shape index (κ2) is 6.73. The van der Waals surface area contributed by atoms with Crippen molar-refractivity contribution in [3.8, 4) is 0 Å². The summed E-state index contributed by atoms with van der Waals surface area (Å²) in [5, 5.41) is 2.87. The standard InChI is InChI=1S/C15H19N5O2.HI/c16-13(17)18-9-10-4-3-5-11(8-10)20-12(21)15(19-14(20)22)6-1-2-7-15;/h3-5,8H,1-2,6-7,9H2,(H,19,22)(H4,16,17,18);1H. The molecule has 1 heterocycles. The van der Waals surface area contributed by atoms with Crippen molar-refractivity contribution in [3.05, 3.63) is 29.8 Å². The highest BCUT2D eigenvalue weighted by Crippen LogP contribution is 2.37. The molecular formula is C15H20IN5O2. The van der Waals surface area contributed by atoms with Crippen molar-refractivity contribution in [1.82, 2.24) is 5.32 Å². The smallest absolute Gasteiger partial charge is 0.329 e. The summed E-state index contributed by atoms with van der Waals surface area (Å²) in [5.74, 6) is -0.153. The minimum absolute atomic E-state index is 0. The molecule has 1 aromatic carbocycles. The molecular weight excluding hydrogens is 409 g/mol. The van der Waals surface area contributed by atoms with Crippen molar-refractivity contribution in [3.63, 3.8) is 0 Å². The van der Waals surface area contributed by atoms with E-state index in [1.807, 2.05) is 6.07 Å². The van der Waals surface area contributed by atoms with Crippen LogP contribution in [0, 0.1) is 0 Å². The Bertz CT molecular complexity index is 651. The molecule has 23 heavy (non-hydrogen) atoms. The third-order valence-corrected chi connectivity index (χ3v) is 4.23. The third-order valence-electron chi connectivity index (χ3n) is 4.23. The van der Waals surface area contributed by atoms with Crippen LogP contribution in [0.15, 0.2) is 29.3 Å². The van der Waals surface area contributed by atoms with Gasteiger partial charge in [0.2, 0.25) is 0 Å². The number of nitrogens with two attached hydrogens (primary N) is 2. The Morgan fingerprint density at radius 3 is 2.61 bits per heavy atom. The van der Waals surface area contributed by atoms with E-state index >= 15 is 0 Å². The number of halogens is 1. The molecule has 0 aromatic heterocycles. The Balaban J connectivity index is 0.00000192. The minimum atomic E-state index is -0.701. The lowest BCUT2D eigenvalue weighted by Gasteiger charge is -2.20. The Labute approximate surface area is 151 Å². The number of benzene rings is 1. The normalized spacial score (nSPS) is 18.7. The summed E-state index contributed by atoms with van der Waals surface area (Å²) in [7, 11) is 0. The van der Waals surface area contributed by atoms with Gasteiger partial charge in [0.15, 0.2) is 5.96 Å². The summed E-state index contributed by atoms with van der Waals surface area (Å²) in [4.78, 5) is 30.1. The molecule has 0 bridgehead atoms. The number of imide groups is 1. The lowest BCUT2D eigenvalue weighted by atomic mass is 9.98. The van der Waals surface area contributed by atoms with Crippen molar-refractivity contribution < 1.29 is 9.59 Å². The number of nitrogens with one attached hydrogen (secondary N) is 1. The summed E-state index contributed by atoms with van der Waals surface area (Å²) in [6.45, 7) is 0.310. The fraction of sp³-hybridized carbons (Fsp3) is 0.400. The average Bonchev–Trinajstić information content (AvgIpc) is 3.04. The van der Waals surface area contributed by atoms with Crippen LogP contribution in [0.2, 0.25) is 0 Å². The Kier molecular flexibility index (Phi) is 5.12. The van der Waals surface area contributed by atoms with E-state index in [1.165, 1.54) is 4.90 Å². The van der Waals surface area contributed by atoms with Gasteiger partial charge in [-0.05, 0) is 30.5 Å². The molecule has 1 saturated carbocycles. The van der Waals surface area contributed by atoms with Crippen LogP contribution >= 0.6 is 24.0 Å². The average molecular weight is 429 g/mol. The Hall–Kier alpha value is -1.84. The van der Waals surface area contributed by atoms with Crippen molar-refractivity contribution in [2.75, 3.05) is 4.90 Å². The van der Waals surface area contributed by atoms with E-state index in [-0.39, 0.29) is 41.9 Å². The molecule has 2 fully saturated rings. The second-order valence-electron chi connectivity index (χ2n) is 5.77. The number of amides is 3. The van der Waals surface area contributed by atoms with Gasteiger partial charge in [0.1, 0.15) is 5.54 Å². The molecule has 3 amide bonds. The summed E-state index contributed by atoms with van der Waals surface area (Å²) >= 11 is 0. The first-order valence-electron chi connectivity index (χ1n) is 7.33. The second-order valence-corrected chi connectivity index (χ2v) is 5.77. The predicted octanol–water partition coefficient (Wildman–Crippen LogP) is 1.45. The molecule has 0 atom stereocenters. The van der Waals surface area contributed by atoms with E-state index in [4.69, 9.17) is 11.5 Å². The van der Waals surface area contributed by atoms with E-state index in [0.717, 1.165) is 18.4 Å². The van der Waals surface area contributed by atoms with Gasteiger partial charge in [-0.25, -0.2) is 14.7 Å². The quantitative estimate of drug-likeness (QED) is 0.292. The monoisotopic (exact) mass is 429 g/mol. The van der Waals surface area contributed by atoms with Crippen LogP contribution in [0.1, 0.15) is 31.2 Å². The van der Waals surface area contributed by atoms with Gasteiger partial charge in [-0.2, -0.15) is 0 Å². The third kappa shape index (κ3) is 3.26. The number of nitrogens with zero attached hydrogens (tertiary/aromatic N) is 2. The zero-order valence-electron chi connectivity index (χ0n) is 12.6. The van der Waals surface area contributed by atoms with Gasteiger partial charge in [-0.15, -0.1) is 24.0 Å². The predicted molar refractivity (Wildman–Crippen MR) is 98.6 cm³/mol. The molecule has 0 radical (unpaired) electrons. The number of hydrogen-bond donors (Lipinski definition) is 3. The lowest BCUT2D eigenvalue weighted by Crippen LogP contribution is -2.44. The first-order chi connectivity index (χ1) is 10.5. The summed E-state index contributed by atoms with van der Waals surface area (Å²) in [5.41, 5.74) is 11.3. The van der Waals surface area contributed by atoms with Crippen LogP contribution in [-0.4, -0.2) is 23.4 Å². The fourth-order valence-corrected chi connectivity index (χ4v) is 3.15. The van der Waals surface area contributed by atoms with Crippen LogP contribution in [0.4, 0.5) is 10.5 Å². The SMILES string of the molecule is I.NC(N)=NCc1cccc(N2C(=O)NC3(CCCC3)C2=O)c1. The number of carbonyl (C=O) groups excluding carboxylic acids is 2. The maximum absolute atomic E-state index is 12.7. The zero-order chi connectivity index (χ0) is 15.7. The molecule has 2 aliphatic rings. The van der Waals surface area contributed by atoms with E-state index in [9.17, 15) is 9.59 Å². The number of carbonyl (C=O) groups is 2. The molecule has 1 aromatic rings. The number of anilines is 1. The van der Waals surface area contributed by atoms with Crippen molar-refractivity contribution in [2.24, 2.45) is 16.5 Å². The first kappa shape index (κ1) is 17.5. The van der Waals surface area contributed by atoms with E-state index in [1.54, 1.807) is 18.2 Å². The van der Waals surface area contributed by atoms with Crippen LogP contribution in [0.3, 0.4) is 0 Å².